The summed E-state index contributed by atoms with van der Waals surface area (Å²) in [7, 11) is 0. The lowest BCUT2D eigenvalue weighted by atomic mass is 10.3. The van der Waals surface area contributed by atoms with Crippen LogP contribution in [0.1, 0.15) is 5.56 Å². The van der Waals surface area contributed by atoms with E-state index in [9.17, 15) is 4.39 Å². The summed E-state index contributed by atoms with van der Waals surface area (Å²) >= 11 is 6.61. The third-order valence-corrected chi connectivity index (χ3v) is 3.87. The standard InChI is InChI=1S/C12H9Br2FN2/c1-7-4-5-16-12(11(7)14)17-8-2-3-10(15)9(13)6-8/h2-6H,1H3,(H,16,17). The van der Waals surface area contributed by atoms with Crippen molar-refractivity contribution in [2.45, 2.75) is 6.92 Å². The summed E-state index contributed by atoms with van der Waals surface area (Å²) in [5, 5.41) is 3.13. The van der Waals surface area contributed by atoms with Crippen LogP contribution in [0.5, 0.6) is 0 Å². The lowest BCUT2D eigenvalue weighted by Gasteiger charge is -2.09. The van der Waals surface area contributed by atoms with Gasteiger partial charge in [-0.1, -0.05) is 0 Å². The first kappa shape index (κ1) is 12.5. The zero-order valence-corrected chi connectivity index (χ0v) is 12.1. The average molecular weight is 360 g/mol. The second kappa shape index (κ2) is 5.14. The highest BCUT2D eigenvalue weighted by Gasteiger charge is 2.05. The van der Waals surface area contributed by atoms with Gasteiger partial charge in [0.1, 0.15) is 11.6 Å². The molecule has 0 fully saturated rings. The lowest BCUT2D eigenvalue weighted by Crippen LogP contribution is -1.96. The molecule has 1 heterocycles. The Morgan fingerprint density at radius 3 is 2.71 bits per heavy atom. The van der Waals surface area contributed by atoms with Crippen molar-refractivity contribution in [3.63, 3.8) is 0 Å². The Labute approximate surface area is 116 Å². The van der Waals surface area contributed by atoms with E-state index in [1.54, 1.807) is 18.3 Å². The maximum absolute atomic E-state index is 13.1. The van der Waals surface area contributed by atoms with Crippen molar-refractivity contribution in [3.8, 4) is 0 Å². The molecule has 0 saturated carbocycles. The van der Waals surface area contributed by atoms with E-state index >= 15 is 0 Å². The molecule has 0 aliphatic heterocycles. The van der Waals surface area contributed by atoms with Gasteiger partial charge in [-0.2, -0.15) is 0 Å². The van der Waals surface area contributed by atoms with Gasteiger partial charge in [0.15, 0.2) is 0 Å². The number of benzene rings is 1. The van der Waals surface area contributed by atoms with Gasteiger partial charge in [-0.05, 0) is 68.6 Å². The van der Waals surface area contributed by atoms with E-state index in [1.807, 2.05) is 13.0 Å². The molecule has 1 aromatic carbocycles. The van der Waals surface area contributed by atoms with Crippen molar-refractivity contribution < 1.29 is 4.39 Å². The zero-order chi connectivity index (χ0) is 12.4. The van der Waals surface area contributed by atoms with Gasteiger partial charge >= 0.3 is 0 Å². The van der Waals surface area contributed by atoms with E-state index in [0.717, 1.165) is 15.7 Å². The molecule has 0 aliphatic carbocycles. The summed E-state index contributed by atoms with van der Waals surface area (Å²) in [5.41, 5.74) is 1.86. The summed E-state index contributed by atoms with van der Waals surface area (Å²) in [6, 6.07) is 6.65. The van der Waals surface area contributed by atoms with Crippen molar-refractivity contribution in [2.24, 2.45) is 0 Å². The van der Waals surface area contributed by atoms with E-state index < -0.39 is 0 Å². The van der Waals surface area contributed by atoms with E-state index in [1.165, 1.54) is 6.07 Å². The predicted molar refractivity (Wildman–Crippen MR) is 74.1 cm³/mol. The van der Waals surface area contributed by atoms with Crippen LogP contribution in [0, 0.1) is 12.7 Å². The monoisotopic (exact) mass is 358 g/mol. The molecule has 0 atom stereocenters. The fourth-order valence-corrected chi connectivity index (χ4v) is 2.05. The van der Waals surface area contributed by atoms with Gasteiger partial charge < -0.3 is 5.32 Å². The predicted octanol–water partition coefficient (Wildman–Crippen LogP) is 4.80. The maximum atomic E-state index is 13.1. The van der Waals surface area contributed by atoms with Gasteiger partial charge in [0, 0.05) is 11.9 Å². The minimum atomic E-state index is -0.285. The smallest absolute Gasteiger partial charge is 0.144 e. The molecule has 0 aliphatic rings. The van der Waals surface area contributed by atoms with Gasteiger partial charge in [0.2, 0.25) is 0 Å². The molecule has 0 unspecified atom stereocenters. The number of anilines is 2. The number of aryl methyl sites for hydroxylation is 1. The molecule has 1 aromatic heterocycles. The molecule has 0 bridgehead atoms. The largest absolute Gasteiger partial charge is 0.339 e. The van der Waals surface area contributed by atoms with Gasteiger partial charge in [-0.3, -0.25) is 0 Å². The van der Waals surface area contributed by atoms with Crippen LogP contribution in [0.25, 0.3) is 0 Å². The minimum Gasteiger partial charge on any atom is -0.339 e. The highest BCUT2D eigenvalue weighted by atomic mass is 79.9. The van der Waals surface area contributed by atoms with Crippen molar-refractivity contribution in [1.82, 2.24) is 4.98 Å². The Bertz CT molecular complexity index is 558. The zero-order valence-electron chi connectivity index (χ0n) is 8.97. The Morgan fingerprint density at radius 2 is 2.00 bits per heavy atom. The molecule has 17 heavy (non-hydrogen) atoms. The molecule has 1 N–H and O–H groups in total. The second-order valence-electron chi connectivity index (χ2n) is 3.54. The second-order valence-corrected chi connectivity index (χ2v) is 5.19. The van der Waals surface area contributed by atoms with Gasteiger partial charge in [-0.25, -0.2) is 9.37 Å². The number of nitrogens with one attached hydrogen (secondary N) is 1. The minimum absolute atomic E-state index is 0.285. The first-order valence-corrected chi connectivity index (χ1v) is 6.49. The van der Waals surface area contributed by atoms with E-state index in [4.69, 9.17) is 0 Å². The number of aromatic nitrogens is 1. The third kappa shape index (κ3) is 2.84. The Morgan fingerprint density at radius 1 is 1.24 bits per heavy atom. The summed E-state index contributed by atoms with van der Waals surface area (Å²) in [4.78, 5) is 4.22. The van der Waals surface area contributed by atoms with Crippen molar-refractivity contribution in [2.75, 3.05) is 5.32 Å². The number of hydrogen-bond acceptors (Lipinski definition) is 2. The molecule has 2 nitrogen and oxygen atoms in total. The fraction of sp³-hybridized carbons (Fsp3) is 0.0833. The Hall–Kier alpha value is -0.940. The number of pyridine rings is 1. The van der Waals surface area contributed by atoms with Crippen LogP contribution in [0.15, 0.2) is 39.4 Å². The van der Waals surface area contributed by atoms with Crippen LogP contribution in [0.2, 0.25) is 0 Å². The average Bonchev–Trinajstić information content (AvgIpc) is 2.30. The van der Waals surface area contributed by atoms with Crippen LogP contribution in [0.4, 0.5) is 15.9 Å². The summed E-state index contributed by atoms with van der Waals surface area (Å²) in [5.74, 6) is 0.426. The molecule has 2 aromatic rings. The SMILES string of the molecule is Cc1ccnc(Nc2ccc(F)c(Br)c2)c1Br. The molecule has 88 valence electrons. The Kier molecular flexibility index (Phi) is 3.79. The highest BCUT2D eigenvalue weighted by molar-refractivity contribution is 9.11. The summed E-state index contributed by atoms with van der Waals surface area (Å²) in [6.45, 7) is 1.98. The van der Waals surface area contributed by atoms with E-state index in [2.05, 4.69) is 42.2 Å². The fourth-order valence-electron chi connectivity index (χ4n) is 1.34. The van der Waals surface area contributed by atoms with E-state index in [-0.39, 0.29) is 5.82 Å². The third-order valence-electron chi connectivity index (χ3n) is 2.26. The molecule has 2 rings (SSSR count). The van der Waals surface area contributed by atoms with Crippen LogP contribution in [0.3, 0.4) is 0 Å². The number of hydrogen-bond donors (Lipinski definition) is 1. The molecule has 0 amide bonds. The molecule has 0 spiro atoms. The molecular formula is C12H9Br2FN2. The van der Waals surface area contributed by atoms with Crippen LogP contribution in [-0.2, 0) is 0 Å². The van der Waals surface area contributed by atoms with Crippen LogP contribution < -0.4 is 5.32 Å². The first-order chi connectivity index (χ1) is 8.08. The molecule has 5 heteroatoms. The Balaban J connectivity index is 2.31. The number of nitrogens with zero attached hydrogens (tertiary/aromatic N) is 1. The lowest BCUT2D eigenvalue weighted by molar-refractivity contribution is 0.621. The molecule has 0 saturated heterocycles. The van der Waals surface area contributed by atoms with Crippen molar-refractivity contribution in [3.05, 3.63) is 50.8 Å². The summed E-state index contributed by atoms with van der Waals surface area (Å²) in [6.07, 6.45) is 1.72. The van der Waals surface area contributed by atoms with Gasteiger partial charge in [-0.15, -0.1) is 0 Å². The van der Waals surface area contributed by atoms with E-state index in [0.29, 0.717) is 10.3 Å². The topological polar surface area (TPSA) is 24.9 Å². The normalized spacial score (nSPS) is 10.4. The van der Waals surface area contributed by atoms with Crippen molar-refractivity contribution in [1.29, 1.82) is 0 Å². The maximum Gasteiger partial charge on any atom is 0.144 e. The summed E-state index contributed by atoms with van der Waals surface area (Å²) < 4.78 is 14.4. The molecular weight excluding hydrogens is 351 g/mol. The highest BCUT2D eigenvalue weighted by Crippen LogP contribution is 2.28. The number of halogens is 3. The molecule has 0 radical (unpaired) electrons. The van der Waals surface area contributed by atoms with Gasteiger partial charge in [0.05, 0.1) is 8.95 Å². The quantitative estimate of drug-likeness (QED) is 0.833. The van der Waals surface area contributed by atoms with Crippen LogP contribution in [-0.4, -0.2) is 4.98 Å². The van der Waals surface area contributed by atoms with Crippen LogP contribution >= 0.6 is 31.9 Å². The van der Waals surface area contributed by atoms with Crippen molar-refractivity contribution >= 4 is 43.4 Å². The first-order valence-electron chi connectivity index (χ1n) is 4.91. The number of rotatable bonds is 2. The van der Waals surface area contributed by atoms with Gasteiger partial charge in [0.25, 0.3) is 0 Å².